The van der Waals surface area contributed by atoms with E-state index < -0.39 is 5.60 Å². The molecule has 1 heteroatoms. The Bertz CT molecular complexity index is 442. The van der Waals surface area contributed by atoms with Crippen LogP contribution in [-0.4, -0.2) is 10.7 Å². The van der Waals surface area contributed by atoms with Crippen molar-refractivity contribution in [1.82, 2.24) is 0 Å². The maximum Gasteiger partial charge on any atom is 0.0870 e. The maximum absolute atomic E-state index is 11.3. The van der Waals surface area contributed by atoms with Crippen LogP contribution in [-0.2, 0) is 0 Å². The molecule has 1 aliphatic rings. The van der Waals surface area contributed by atoms with Gasteiger partial charge in [0.05, 0.1) is 5.60 Å². The molecule has 0 amide bonds. The van der Waals surface area contributed by atoms with E-state index in [-0.39, 0.29) is 10.8 Å². The normalized spacial score (nSPS) is 22.3. The van der Waals surface area contributed by atoms with Crippen LogP contribution >= 0.6 is 0 Å². The van der Waals surface area contributed by atoms with E-state index in [1.807, 2.05) is 0 Å². The molecular formula is C23H42O. The highest BCUT2D eigenvalue weighted by Gasteiger charge is 2.35. The molecule has 0 heterocycles. The van der Waals surface area contributed by atoms with Gasteiger partial charge in [-0.1, -0.05) is 105 Å². The molecule has 1 aliphatic carbocycles. The van der Waals surface area contributed by atoms with Crippen LogP contribution in [0, 0.1) is 10.8 Å². The molecule has 140 valence electrons. The second-order valence-electron chi connectivity index (χ2n) is 9.92. The van der Waals surface area contributed by atoms with Crippen molar-refractivity contribution in [3.8, 4) is 0 Å². The van der Waals surface area contributed by atoms with E-state index in [1.165, 1.54) is 49.7 Å². The van der Waals surface area contributed by atoms with Crippen molar-refractivity contribution in [2.45, 2.75) is 112 Å². The Balaban J connectivity index is 2.68. The van der Waals surface area contributed by atoms with Crippen molar-refractivity contribution in [3.63, 3.8) is 0 Å². The summed E-state index contributed by atoms with van der Waals surface area (Å²) in [6.45, 7) is 15.8. The molecule has 0 aromatic carbocycles. The van der Waals surface area contributed by atoms with Gasteiger partial charge in [-0.25, -0.2) is 0 Å². The summed E-state index contributed by atoms with van der Waals surface area (Å²) in [5.41, 5.74) is 2.25. The summed E-state index contributed by atoms with van der Waals surface area (Å²) in [5.74, 6) is 0. The summed E-state index contributed by atoms with van der Waals surface area (Å²) in [7, 11) is 0. The molecule has 0 saturated heterocycles. The van der Waals surface area contributed by atoms with Crippen LogP contribution in [0.3, 0.4) is 0 Å². The molecule has 1 rings (SSSR count). The summed E-state index contributed by atoms with van der Waals surface area (Å²) in [4.78, 5) is 0. The maximum atomic E-state index is 11.3. The van der Waals surface area contributed by atoms with E-state index in [1.54, 1.807) is 0 Å². The number of aliphatic hydroxyl groups is 1. The predicted octanol–water partition coefficient (Wildman–Crippen LogP) is 7.21. The van der Waals surface area contributed by atoms with Crippen LogP contribution in [0.15, 0.2) is 23.3 Å². The van der Waals surface area contributed by atoms with Crippen molar-refractivity contribution in [2.75, 3.05) is 0 Å². The van der Waals surface area contributed by atoms with Crippen molar-refractivity contribution >= 4 is 0 Å². The van der Waals surface area contributed by atoms with Gasteiger partial charge in [0.1, 0.15) is 0 Å². The first-order valence-corrected chi connectivity index (χ1v) is 10.1. The lowest BCUT2D eigenvalue weighted by Gasteiger charge is -2.38. The molecule has 0 radical (unpaired) electrons. The molecule has 0 aromatic heterocycles. The molecule has 0 spiro atoms. The second-order valence-corrected chi connectivity index (χ2v) is 9.92. The van der Waals surface area contributed by atoms with Crippen LogP contribution in [0.5, 0.6) is 0 Å². The zero-order valence-electron chi connectivity index (χ0n) is 17.5. The third-order valence-corrected chi connectivity index (χ3v) is 5.29. The fourth-order valence-corrected chi connectivity index (χ4v) is 3.41. The highest BCUT2D eigenvalue weighted by molar-refractivity contribution is 5.38. The Morgan fingerprint density at radius 1 is 0.875 bits per heavy atom. The Morgan fingerprint density at radius 3 is 1.92 bits per heavy atom. The average Bonchev–Trinajstić information content (AvgIpc) is 2.44. The number of rotatable bonds is 8. The van der Waals surface area contributed by atoms with E-state index >= 15 is 0 Å². The lowest BCUT2D eigenvalue weighted by Crippen LogP contribution is -2.34. The van der Waals surface area contributed by atoms with Gasteiger partial charge >= 0.3 is 0 Å². The van der Waals surface area contributed by atoms with Gasteiger partial charge in [0.15, 0.2) is 0 Å². The minimum atomic E-state index is -0.649. The molecule has 1 unspecified atom stereocenters. The topological polar surface area (TPSA) is 20.2 Å². The molecule has 0 bridgehead atoms. The first kappa shape index (κ1) is 21.5. The Kier molecular flexibility index (Phi) is 7.78. The monoisotopic (exact) mass is 334 g/mol. The Hall–Kier alpha value is -0.560. The van der Waals surface area contributed by atoms with Gasteiger partial charge in [-0.2, -0.15) is 0 Å². The molecular weight excluding hydrogens is 292 g/mol. The first-order valence-electron chi connectivity index (χ1n) is 10.1. The number of unbranched alkanes of at least 4 members (excludes halogenated alkanes) is 6. The van der Waals surface area contributed by atoms with Gasteiger partial charge in [0.25, 0.3) is 0 Å². The van der Waals surface area contributed by atoms with E-state index in [2.05, 4.69) is 60.6 Å². The van der Waals surface area contributed by atoms with E-state index in [0.717, 1.165) is 19.3 Å². The first-order chi connectivity index (χ1) is 11.0. The number of hydrogen-bond donors (Lipinski definition) is 1. The molecule has 1 N–H and O–H groups in total. The third-order valence-electron chi connectivity index (χ3n) is 5.29. The molecule has 0 aromatic rings. The lowest BCUT2D eigenvalue weighted by atomic mass is 9.70. The molecule has 0 saturated carbocycles. The fourth-order valence-electron chi connectivity index (χ4n) is 3.41. The van der Waals surface area contributed by atoms with E-state index in [9.17, 15) is 5.11 Å². The largest absolute Gasteiger partial charge is 0.385 e. The highest BCUT2D eigenvalue weighted by Crippen LogP contribution is 2.43. The fraction of sp³-hybridized carbons (Fsp3) is 0.826. The van der Waals surface area contributed by atoms with Gasteiger partial charge < -0.3 is 5.11 Å². The van der Waals surface area contributed by atoms with Gasteiger partial charge in [0, 0.05) is 6.42 Å². The van der Waals surface area contributed by atoms with E-state index in [4.69, 9.17) is 0 Å². The van der Waals surface area contributed by atoms with Crippen LogP contribution in [0.1, 0.15) is 106 Å². The summed E-state index contributed by atoms with van der Waals surface area (Å²) >= 11 is 0. The zero-order chi connectivity index (χ0) is 18.4. The lowest BCUT2D eigenvalue weighted by molar-refractivity contribution is 0.0699. The van der Waals surface area contributed by atoms with Crippen LogP contribution < -0.4 is 0 Å². The Labute approximate surface area is 151 Å². The predicted molar refractivity (Wildman–Crippen MR) is 107 cm³/mol. The zero-order valence-corrected chi connectivity index (χ0v) is 17.5. The van der Waals surface area contributed by atoms with Gasteiger partial charge in [0.2, 0.25) is 0 Å². The SMILES string of the molecule is CCCCCCCCCC1(O)C=C(C(C)(C)C)C=C(C(C)(C)C)C1. The van der Waals surface area contributed by atoms with Crippen LogP contribution in [0.25, 0.3) is 0 Å². The Morgan fingerprint density at radius 2 is 1.42 bits per heavy atom. The minimum Gasteiger partial charge on any atom is -0.385 e. The summed E-state index contributed by atoms with van der Waals surface area (Å²) in [5, 5.41) is 11.3. The number of allylic oxidation sites excluding steroid dienone is 2. The summed E-state index contributed by atoms with van der Waals surface area (Å²) in [6, 6.07) is 0. The summed E-state index contributed by atoms with van der Waals surface area (Å²) in [6.07, 6.45) is 15.3. The standard InChI is InChI=1S/C23H42O/c1-8-9-10-11-12-13-14-15-23(24)17-19(21(2,3)4)16-20(18-23)22(5,6)7/h16-17,24H,8-15,18H2,1-7H3. The summed E-state index contributed by atoms with van der Waals surface area (Å²) < 4.78 is 0. The van der Waals surface area contributed by atoms with Gasteiger partial charge in [-0.05, 0) is 28.9 Å². The van der Waals surface area contributed by atoms with Crippen LogP contribution in [0.4, 0.5) is 0 Å². The van der Waals surface area contributed by atoms with Crippen molar-refractivity contribution < 1.29 is 5.11 Å². The smallest absolute Gasteiger partial charge is 0.0870 e. The van der Waals surface area contributed by atoms with Crippen molar-refractivity contribution in [1.29, 1.82) is 0 Å². The highest BCUT2D eigenvalue weighted by atomic mass is 16.3. The van der Waals surface area contributed by atoms with Gasteiger partial charge in [-0.15, -0.1) is 0 Å². The number of hydrogen-bond acceptors (Lipinski definition) is 1. The van der Waals surface area contributed by atoms with Crippen molar-refractivity contribution in [2.24, 2.45) is 10.8 Å². The minimum absolute atomic E-state index is 0.0883. The van der Waals surface area contributed by atoms with Gasteiger partial charge in [-0.3, -0.25) is 0 Å². The van der Waals surface area contributed by atoms with Crippen molar-refractivity contribution in [3.05, 3.63) is 23.3 Å². The van der Waals surface area contributed by atoms with E-state index in [0.29, 0.717) is 0 Å². The molecule has 0 fully saturated rings. The molecule has 0 aliphatic heterocycles. The molecule has 1 nitrogen and oxygen atoms in total. The van der Waals surface area contributed by atoms with Crippen LogP contribution in [0.2, 0.25) is 0 Å². The molecule has 1 atom stereocenters. The quantitative estimate of drug-likeness (QED) is 0.465. The second kappa shape index (κ2) is 8.70. The average molecular weight is 335 g/mol. The third kappa shape index (κ3) is 7.13. The molecule has 24 heavy (non-hydrogen) atoms.